The maximum Gasteiger partial charge on any atom is 0.408 e. The Bertz CT molecular complexity index is 487. The molecule has 0 aliphatic carbocycles. The number of hydrogen-bond acceptors (Lipinski definition) is 4. The molecule has 10 heteroatoms. The molecule has 0 fully saturated rings. The summed E-state index contributed by atoms with van der Waals surface area (Å²) in [5.74, 6) is 0.0623. The summed E-state index contributed by atoms with van der Waals surface area (Å²) in [6, 6.07) is -2.78. The molecule has 0 aliphatic heterocycles. The van der Waals surface area contributed by atoms with Crippen LogP contribution in [0.5, 0.6) is 0 Å². The normalized spacial score (nSPS) is 14.3. The molecule has 22 heavy (non-hydrogen) atoms. The summed E-state index contributed by atoms with van der Waals surface area (Å²) >= 11 is 0. The summed E-state index contributed by atoms with van der Waals surface area (Å²) in [7, 11) is 3.49. The van der Waals surface area contributed by atoms with E-state index in [-0.39, 0.29) is 6.54 Å². The van der Waals surface area contributed by atoms with Gasteiger partial charge in [-0.15, -0.1) is 5.10 Å². The van der Waals surface area contributed by atoms with Gasteiger partial charge in [0.1, 0.15) is 11.9 Å². The van der Waals surface area contributed by atoms with E-state index in [1.807, 2.05) is 5.32 Å². The predicted molar refractivity (Wildman–Crippen MR) is 75.4 cm³/mol. The lowest BCUT2D eigenvalue weighted by Gasteiger charge is -2.26. The van der Waals surface area contributed by atoms with Gasteiger partial charge in [-0.2, -0.15) is 18.2 Å². The minimum Gasteiger partial charge on any atom is -0.346 e. The van der Waals surface area contributed by atoms with Gasteiger partial charge >= 0.3 is 12.2 Å². The van der Waals surface area contributed by atoms with E-state index >= 15 is 0 Å². The highest BCUT2D eigenvalue weighted by Crippen LogP contribution is 2.27. The molecule has 0 saturated heterocycles. The van der Waals surface area contributed by atoms with Gasteiger partial charge in [-0.3, -0.25) is 5.10 Å². The fourth-order valence-corrected chi connectivity index (χ4v) is 1.70. The highest BCUT2D eigenvalue weighted by atomic mass is 19.4. The molecule has 1 rings (SSSR count). The second kappa shape index (κ2) is 7.32. The van der Waals surface area contributed by atoms with E-state index in [1.165, 1.54) is 6.92 Å². The Morgan fingerprint density at radius 1 is 1.41 bits per heavy atom. The first-order chi connectivity index (χ1) is 10.1. The van der Waals surface area contributed by atoms with Crippen molar-refractivity contribution in [3.05, 3.63) is 5.82 Å². The second-order valence-electron chi connectivity index (χ2n) is 5.21. The maximum atomic E-state index is 12.9. The van der Waals surface area contributed by atoms with Crippen LogP contribution < -0.4 is 15.5 Å². The number of nitrogens with one attached hydrogen (secondary N) is 3. The number of amides is 2. The quantitative estimate of drug-likeness (QED) is 0.743. The number of H-pyrrole nitrogens is 1. The summed E-state index contributed by atoms with van der Waals surface area (Å²) in [4.78, 5) is 17.4. The molecule has 3 N–H and O–H groups in total. The van der Waals surface area contributed by atoms with Crippen LogP contribution in [0, 0.1) is 5.92 Å². The monoisotopic (exact) mass is 322 g/mol. The Hall–Kier alpha value is -2.00. The lowest BCUT2D eigenvalue weighted by atomic mass is 9.99. The van der Waals surface area contributed by atoms with Gasteiger partial charge in [0.25, 0.3) is 0 Å². The maximum absolute atomic E-state index is 12.9. The number of aromatic amines is 1. The molecule has 7 nitrogen and oxygen atoms in total. The van der Waals surface area contributed by atoms with Gasteiger partial charge in [-0.25, -0.2) is 4.79 Å². The zero-order valence-corrected chi connectivity index (χ0v) is 13.0. The first-order valence-corrected chi connectivity index (χ1v) is 6.84. The Labute approximate surface area is 126 Å². The van der Waals surface area contributed by atoms with Crippen LogP contribution in [0.1, 0.15) is 26.1 Å². The topological polar surface area (TPSA) is 85.9 Å². The minimum atomic E-state index is -4.49. The Morgan fingerprint density at radius 3 is 2.50 bits per heavy atom. The van der Waals surface area contributed by atoms with Gasteiger partial charge in [0.05, 0.1) is 6.54 Å². The van der Waals surface area contributed by atoms with Crippen molar-refractivity contribution in [2.45, 2.75) is 39.0 Å². The third-order valence-electron chi connectivity index (χ3n) is 3.19. The van der Waals surface area contributed by atoms with Crippen molar-refractivity contribution in [3.8, 4) is 0 Å². The molecule has 1 aromatic heterocycles. The number of anilines is 1. The van der Waals surface area contributed by atoms with Crippen molar-refractivity contribution in [2.24, 2.45) is 5.92 Å². The average Bonchev–Trinajstić information content (AvgIpc) is 2.89. The number of carbonyl (C=O) groups is 1. The molecule has 1 aromatic rings. The van der Waals surface area contributed by atoms with Crippen molar-refractivity contribution in [2.75, 3.05) is 19.0 Å². The van der Waals surface area contributed by atoms with E-state index in [1.54, 1.807) is 25.9 Å². The smallest absolute Gasteiger partial charge is 0.346 e. The SMILES string of the molecule is CC[C@H](C)[C@@H](NC(=O)NCc1nc(N(C)C)n[nH]1)C(F)(F)F. The van der Waals surface area contributed by atoms with Gasteiger partial charge in [-0.05, 0) is 5.92 Å². The summed E-state index contributed by atoms with van der Waals surface area (Å²) in [5, 5.41) is 10.8. The molecule has 2 atom stereocenters. The number of hydrogen-bond donors (Lipinski definition) is 3. The van der Waals surface area contributed by atoms with Crippen LogP contribution in [-0.2, 0) is 6.54 Å². The lowest BCUT2D eigenvalue weighted by molar-refractivity contribution is -0.163. The second-order valence-corrected chi connectivity index (χ2v) is 5.21. The fourth-order valence-electron chi connectivity index (χ4n) is 1.70. The van der Waals surface area contributed by atoms with Crippen LogP contribution in [0.15, 0.2) is 0 Å². The molecule has 0 radical (unpaired) electrons. The van der Waals surface area contributed by atoms with Gasteiger partial charge < -0.3 is 15.5 Å². The number of aromatic nitrogens is 3. The lowest BCUT2D eigenvalue weighted by Crippen LogP contribution is -2.52. The third kappa shape index (κ3) is 5.08. The Kier molecular flexibility index (Phi) is 6.01. The number of urea groups is 1. The van der Waals surface area contributed by atoms with Crippen LogP contribution in [0.25, 0.3) is 0 Å². The van der Waals surface area contributed by atoms with Crippen LogP contribution in [0.4, 0.5) is 23.9 Å². The number of carbonyl (C=O) groups excluding carboxylic acids is 1. The van der Waals surface area contributed by atoms with Crippen molar-refractivity contribution < 1.29 is 18.0 Å². The van der Waals surface area contributed by atoms with Crippen molar-refractivity contribution in [1.82, 2.24) is 25.8 Å². The van der Waals surface area contributed by atoms with Crippen LogP contribution >= 0.6 is 0 Å². The van der Waals surface area contributed by atoms with E-state index in [0.29, 0.717) is 18.2 Å². The fraction of sp³-hybridized carbons (Fsp3) is 0.750. The largest absolute Gasteiger partial charge is 0.408 e. The molecule has 2 amide bonds. The van der Waals surface area contributed by atoms with E-state index in [2.05, 4.69) is 20.5 Å². The summed E-state index contributed by atoms with van der Waals surface area (Å²) in [6.07, 6.45) is -4.18. The van der Waals surface area contributed by atoms with Crippen LogP contribution in [-0.4, -0.2) is 47.5 Å². The van der Waals surface area contributed by atoms with Crippen molar-refractivity contribution in [3.63, 3.8) is 0 Å². The molecule has 0 aliphatic rings. The molecule has 126 valence electrons. The van der Waals surface area contributed by atoms with E-state index in [0.717, 1.165) is 0 Å². The molecule has 0 bridgehead atoms. The van der Waals surface area contributed by atoms with Gasteiger partial charge in [0.15, 0.2) is 0 Å². The van der Waals surface area contributed by atoms with Gasteiger partial charge in [0, 0.05) is 14.1 Å². The molecule has 0 spiro atoms. The predicted octanol–water partition coefficient (Wildman–Crippen LogP) is 1.65. The van der Waals surface area contributed by atoms with E-state index < -0.39 is 24.2 Å². The average molecular weight is 322 g/mol. The minimum absolute atomic E-state index is 0.0439. The summed E-state index contributed by atoms with van der Waals surface area (Å²) in [5.41, 5.74) is 0. The van der Waals surface area contributed by atoms with Crippen LogP contribution in [0.2, 0.25) is 0 Å². The molecular formula is C12H21F3N6O. The Balaban J connectivity index is 2.56. The molecular weight excluding hydrogens is 301 g/mol. The highest BCUT2D eigenvalue weighted by Gasteiger charge is 2.43. The van der Waals surface area contributed by atoms with Crippen molar-refractivity contribution >= 4 is 12.0 Å². The molecule has 0 unspecified atom stereocenters. The van der Waals surface area contributed by atoms with Crippen molar-refractivity contribution in [1.29, 1.82) is 0 Å². The number of nitrogens with zero attached hydrogens (tertiary/aromatic N) is 3. The van der Waals surface area contributed by atoms with Gasteiger partial charge in [0.2, 0.25) is 5.95 Å². The zero-order chi connectivity index (χ0) is 16.9. The molecule has 0 aromatic carbocycles. The zero-order valence-electron chi connectivity index (χ0n) is 13.0. The summed E-state index contributed by atoms with van der Waals surface area (Å²) in [6.45, 7) is 3.04. The number of alkyl halides is 3. The standard InChI is InChI=1S/C12H21F3N6O/c1-5-7(2)9(12(13,14)15)18-11(22)16-6-8-17-10(20-19-8)21(3)4/h7,9H,5-6H2,1-4H3,(H2,16,18,22)(H,17,19,20)/t7-,9+/m0/s1. The van der Waals surface area contributed by atoms with E-state index in [9.17, 15) is 18.0 Å². The first-order valence-electron chi connectivity index (χ1n) is 6.84. The van der Waals surface area contributed by atoms with Gasteiger partial charge in [-0.1, -0.05) is 20.3 Å². The number of halogens is 3. The third-order valence-corrected chi connectivity index (χ3v) is 3.19. The first kappa shape index (κ1) is 18.1. The Morgan fingerprint density at radius 2 is 2.05 bits per heavy atom. The summed E-state index contributed by atoms with van der Waals surface area (Å²) < 4.78 is 38.7. The van der Waals surface area contributed by atoms with Crippen LogP contribution in [0.3, 0.4) is 0 Å². The number of rotatable bonds is 6. The van der Waals surface area contributed by atoms with E-state index in [4.69, 9.17) is 0 Å². The highest BCUT2D eigenvalue weighted by molar-refractivity contribution is 5.74. The molecule has 0 saturated carbocycles. The molecule has 1 heterocycles.